The number of rotatable bonds is 5. The summed E-state index contributed by atoms with van der Waals surface area (Å²) in [6.07, 6.45) is 3.75. The molecule has 0 amide bonds. The lowest BCUT2D eigenvalue weighted by Crippen LogP contribution is -2.34. The van der Waals surface area contributed by atoms with Crippen molar-refractivity contribution in [1.82, 2.24) is 4.98 Å². The van der Waals surface area contributed by atoms with Crippen LogP contribution >= 0.6 is 11.3 Å². The molecule has 3 aromatic rings. The van der Waals surface area contributed by atoms with E-state index in [4.69, 9.17) is 0 Å². The maximum absolute atomic E-state index is 4.52. The SMILES string of the molecule is C=CC(Nc1ccccc1)(c1ccccc1)c1nccs1. The fraction of sp³-hybridized carbons (Fsp3) is 0.0556. The summed E-state index contributed by atoms with van der Waals surface area (Å²) >= 11 is 1.62. The molecule has 1 N–H and O–H groups in total. The van der Waals surface area contributed by atoms with Crippen molar-refractivity contribution >= 4 is 17.0 Å². The number of hydrogen-bond acceptors (Lipinski definition) is 3. The first-order valence-corrected chi connectivity index (χ1v) is 7.65. The molecule has 3 rings (SSSR count). The molecule has 3 heteroatoms. The molecule has 0 aliphatic rings. The zero-order valence-corrected chi connectivity index (χ0v) is 12.4. The van der Waals surface area contributed by atoms with Gasteiger partial charge in [0.05, 0.1) is 0 Å². The third-order valence-electron chi connectivity index (χ3n) is 3.42. The van der Waals surface area contributed by atoms with Crippen LogP contribution in [-0.4, -0.2) is 4.98 Å². The highest BCUT2D eigenvalue weighted by atomic mass is 32.1. The molecule has 0 aliphatic heterocycles. The van der Waals surface area contributed by atoms with E-state index in [1.807, 2.05) is 54.1 Å². The molecular formula is C18H16N2S. The van der Waals surface area contributed by atoms with Gasteiger partial charge in [-0.2, -0.15) is 0 Å². The van der Waals surface area contributed by atoms with Gasteiger partial charge in [-0.1, -0.05) is 61.2 Å². The number of aromatic nitrogens is 1. The summed E-state index contributed by atoms with van der Waals surface area (Å²) in [6, 6.07) is 20.4. The molecule has 0 radical (unpaired) electrons. The van der Waals surface area contributed by atoms with Crippen LogP contribution in [0.3, 0.4) is 0 Å². The van der Waals surface area contributed by atoms with Crippen molar-refractivity contribution in [3.63, 3.8) is 0 Å². The number of thiazole rings is 1. The standard InChI is InChI=1S/C18H16N2S/c1-2-18(17-19-13-14-21-17,15-9-5-3-6-10-15)20-16-11-7-4-8-12-16/h2-14,20H,1H2. The number of hydrogen-bond donors (Lipinski definition) is 1. The Labute approximate surface area is 128 Å². The first kappa shape index (κ1) is 13.6. The summed E-state index contributed by atoms with van der Waals surface area (Å²) in [5.74, 6) is 0. The molecule has 1 aromatic heterocycles. The molecule has 1 heterocycles. The fourth-order valence-corrected chi connectivity index (χ4v) is 3.18. The predicted octanol–water partition coefficient (Wildman–Crippen LogP) is 4.68. The molecule has 2 aromatic carbocycles. The molecule has 1 unspecified atom stereocenters. The van der Waals surface area contributed by atoms with Crippen LogP contribution in [0.15, 0.2) is 84.9 Å². The molecule has 0 saturated heterocycles. The van der Waals surface area contributed by atoms with Crippen LogP contribution in [0.1, 0.15) is 10.6 Å². The zero-order valence-electron chi connectivity index (χ0n) is 11.6. The Morgan fingerprint density at radius 2 is 1.67 bits per heavy atom. The van der Waals surface area contributed by atoms with E-state index >= 15 is 0 Å². The Balaban J connectivity index is 2.12. The third kappa shape index (κ3) is 2.60. The maximum atomic E-state index is 4.52. The van der Waals surface area contributed by atoms with Gasteiger partial charge < -0.3 is 5.32 Å². The van der Waals surface area contributed by atoms with Gasteiger partial charge >= 0.3 is 0 Å². The molecule has 0 bridgehead atoms. The smallest absolute Gasteiger partial charge is 0.133 e. The highest BCUT2D eigenvalue weighted by Gasteiger charge is 2.33. The second-order valence-electron chi connectivity index (χ2n) is 4.71. The van der Waals surface area contributed by atoms with Crippen LogP contribution in [-0.2, 0) is 5.54 Å². The molecule has 0 spiro atoms. The quantitative estimate of drug-likeness (QED) is 0.690. The molecule has 21 heavy (non-hydrogen) atoms. The summed E-state index contributed by atoms with van der Waals surface area (Å²) in [5, 5.41) is 6.56. The predicted molar refractivity (Wildman–Crippen MR) is 89.6 cm³/mol. The number of para-hydroxylation sites is 1. The first-order valence-electron chi connectivity index (χ1n) is 6.77. The van der Waals surface area contributed by atoms with E-state index in [1.54, 1.807) is 11.3 Å². The second kappa shape index (κ2) is 5.94. The average Bonchev–Trinajstić information content (AvgIpc) is 3.09. The van der Waals surface area contributed by atoms with E-state index < -0.39 is 5.54 Å². The summed E-state index contributed by atoms with van der Waals surface area (Å²) < 4.78 is 0. The van der Waals surface area contributed by atoms with E-state index in [9.17, 15) is 0 Å². The van der Waals surface area contributed by atoms with Gasteiger partial charge in [-0.25, -0.2) is 4.98 Å². The minimum atomic E-state index is -0.517. The highest BCUT2D eigenvalue weighted by Crippen LogP contribution is 2.35. The lowest BCUT2D eigenvalue weighted by Gasteiger charge is -2.31. The number of nitrogens with one attached hydrogen (secondary N) is 1. The van der Waals surface area contributed by atoms with Crippen molar-refractivity contribution in [2.75, 3.05) is 5.32 Å². The van der Waals surface area contributed by atoms with Crippen molar-refractivity contribution in [3.05, 3.63) is 95.5 Å². The van der Waals surface area contributed by atoms with E-state index in [1.165, 1.54) is 0 Å². The van der Waals surface area contributed by atoms with Crippen molar-refractivity contribution in [1.29, 1.82) is 0 Å². The average molecular weight is 292 g/mol. The lowest BCUT2D eigenvalue weighted by atomic mass is 9.90. The summed E-state index contributed by atoms with van der Waals surface area (Å²) in [4.78, 5) is 4.52. The largest absolute Gasteiger partial charge is 0.366 e. The minimum Gasteiger partial charge on any atom is -0.366 e. The van der Waals surface area contributed by atoms with Crippen LogP contribution < -0.4 is 5.32 Å². The van der Waals surface area contributed by atoms with Gasteiger partial charge in [-0.15, -0.1) is 11.3 Å². The molecule has 104 valence electrons. The van der Waals surface area contributed by atoms with Crippen molar-refractivity contribution in [2.45, 2.75) is 5.54 Å². The monoisotopic (exact) mass is 292 g/mol. The Hall–Kier alpha value is -2.39. The van der Waals surface area contributed by atoms with E-state index in [0.29, 0.717) is 0 Å². The van der Waals surface area contributed by atoms with Crippen molar-refractivity contribution < 1.29 is 0 Å². The van der Waals surface area contributed by atoms with Crippen molar-refractivity contribution in [2.24, 2.45) is 0 Å². The maximum Gasteiger partial charge on any atom is 0.133 e. The molecular weight excluding hydrogens is 276 g/mol. The molecule has 0 fully saturated rings. The molecule has 1 atom stereocenters. The highest BCUT2D eigenvalue weighted by molar-refractivity contribution is 7.09. The Bertz CT molecular complexity index is 693. The van der Waals surface area contributed by atoms with Crippen LogP contribution in [0, 0.1) is 0 Å². The summed E-state index contributed by atoms with van der Waals surface area (Å²) in [5.41, 5.74) is 1.65. The molecule has 0 saturated carbocycles. The third-order valence-corrected chi connectivity index (χ3v) is 4.33. The van der Waals surface area contributed by atoms with Gasteiger partial charge in [0.25, 0.3) is 0 Å². The van der Waals surface area contributed by atoms with Gasteiger partial charge in [-0.05, 0) is 17.7 Å². The Morgan fingerprint density at radius 3 is 2.24 bits per heavy atom. The lowest BCUT2D eigenvalue weighted by molar-refractivity contribution is 0.737. The summed E-state index contributed by atoms with van der Waals surface area (Å²) in [6.45, 7) is 4.07. The zero-order chi connectivity index (χ0) is 14.5. The minimum absolute atomic E-state index is 0.517. The van der Waals surface area contributed by atoms with Crippen LogP contribution in [0.4, 0.5) is 5.69 Å². The van der Waals surface area contributed by atoms with Crippen molar-refractivity contribution in [3.8, 4) is 0 Å². The van der Waals surface area contributed by atoms with Gasteiger partial charge in [0.2, 0.25) is 0 Å². The van der Waals surface area contributed by atoms with E-state index in [-0.39, 0.29) is 0 Å². The first-order chi connectivity index (χ1) is 10.3. The molecule has 2 nitrogen and oxygen atoms in total. The topological polar surface area (TPSA) is 24.9 Å². The van der Waals surface area contributed by atoms with Crippen LogP contribution in [0.5, 0.6) is 0 Å². The normalized spacial score (nSPS) is 13.3. The van der Waals surface area contributed by atoms with Gasteiger partial charge in [0, 0.05) is 17.3 Å². The van der Waals surface area contributed by atoms with Gasteiger partial charge in [0.15, 0.2) is 0 Å². The van der Waals surface area contributed by atoms with E-state index in [0.717, 1.165) is 16.3 Å². The van der Waals surface area contributed by atoms with Gasteiger partial charge in [0.1, 0.15) is 10.5 Å². The molecule has 0 aliphatic carbocycles. The Morgan fingerprint density at radius 1 is 1.00 bits per heavy atom. The number of nitrogens with zero attached hydrogens (tertiary/aromatic N) is 1. The van der Waals surface area contributed by atoms with Gasteiger partial charge in [-0.3, -0.25) is 0 Å². The number of benzene rings is 2. The fourth-order valence-electron chi connectivity index (χ4n) is 2.37. The van der Waals surface area contributed by atoms with E-state index in [2.05, 4.69) is 41.1 Å². The van der Waals surface area contributed by atoms with Crippen LogP contribution in [0.2, 0.25) is 0 Å². The Kier molecular flexibility index (Phi) is 3.84. The second-order valence-corrected chi connectivity index (χ2v) is 5.60. The number of anilines is 1. The summed E-state index contributed by atoms with van der Waals surface area (Å²) in [7, 11) is 0. The van der Waals surface area contributed by atoms with Crippen LogP contribution in [0.25, 0.3) is 0 Å².